The molecule has 3 rings (SSSR count). The zero-order valence-corrected chi connectivity index (χ0v) is 13.4. The summed E-state index contributed by atoms with van der Waals surface area (Å²) in [4.78, 5) is 9.87. The van der Waals surface area contributed by atoms with Crippen LogP contribution in [0.5, 0.6) is 0 Å². The SMILES string of the molecule is CCc1nc(NCC2(S(N)(=O)=O)CCC2)c2ccsc2n1. The molecule has 0 aliphatic heterocycles. The number of thiophene rings is 1. The van der Waals surface area contributed by atoms with E-state index in [-0.39, 0.29) is 0 Å². The number of nitrogens with zero attached hydrogens (tertiary/aromatic N) is 2. The third-order valence-electron chi connectivity index (χ3n) is 4.13. The van der Waals surface area contributed by atoms with Crippen LogP contribution in [0.25, 0.3) is 10.2 Å². The van der Waals surface area contributed by atoms with Gasteiger partial charge in [0, 0.05) is 13.0 Å². The van der Waals surface area contributed by atoms with Crippen LogP contribution in [0.15, 0.2) is 11.4 Å². The fraction of sp³-hybridized carbons (Fsp3) is 0.538. The minimum atomic E-state index is -3.56. The van der Waals surface area contributed by atoms with E-state index in [2.05, 4.69) is 15.3 Å². The molecule has 0 atom stereocenters. The number of primary sulfonamides is 1. The lowest BCUT2D eigenvalue weighted by Gasteiger charge is -2.39. The fourth-order valence-electron chi connectivity index (χ4n) is 2.57. The lowest BCUT2D eigenvalue weighted by molar-refractivity contribution is 0.351. The number of aromatic nitrogens is 2. The first kappa shape index (κ1) is 14.7. The van der Waals surface area contributed by atoms with E-state index in [1.54, 1.807) is 11.3 Å². The molecule has 0 amide bonds. The zero-order valence-electron chi connectivity index (χ0n) is 11.8. The average Bonchev–Trinajstić information content (AvgIpc) is 2.83. The van der Waals surface area contributed by atoms with Crippen LogP contribution in [-0.4, -0.2) is 29.7 Å². The number of sulfonamides is 1. The molecule has 0 radical (unpaired) electrons. The normalized spacial score (nSPS) is 17.6. The van der Waals surface area contributed by atoms with Crippen LogP contribution in [0.1, 0.15) is 32.0 Å². The molecule has 1 fully saturated rings. The predicted molar refractivity (Wildman–Crippen MR) is 85.0 cm³/mol. The maximum absolute atomic E-state index is 11.8. The van der Waals surface area contributed by atoms with Crippen molar-refractivity contribution in [2.24, 2.45) is 5.14 Å². The largest absolute Gasteiger partial charge is 0.368 e. The Morgan fingerprint density at radius 1 is 1.43 bits per heavy atom. The smallest absolute Gasteiger partial charge is 0.216 e. The summed E-state index contributed by atoms with van der Waals surface area (Å²) in [6.07, 6.45) is 2.85. The van der Waals surface area contributed by atoms with Crippen LogP contribution in [0.2, 0.25) is 0 Å². The molecule has 6 nitrogen and oxygen atoms in total. The van der Waals surface area contributed by atoms with Crippen molar-refractivity contribution in [3.63, 3.8) is 0 Å². The lowest BCUT2D eigenvalue weighted by atomic mass is 9.84. The molecule has 0 aromatic carbocycles. The molecular formula is C13H18N4O2S2. The maximum Gasteiger partial charge on any atom is 0.216 e. The molecule has 8 heteroatoms. The number of fused-ring (bicyclic) bond motifs is 1. The first-order chi connectivity index (χ1) is 9.95. The third kappa shape index (κ3) is 2.51. The van der Waals surface area contributed by atoms with Gasteiger partial charge in [-0.25, -0.2) is 23.5 Å². The van der Waals surface area contributed by atoms with Gasteiger partial charge in [0.2, 0.25) is 10.0 Å². The summed E-state index contributed by atoms with van der Waals surface area (Å²) in [5, 5.41) is 11.5. The first-order valence-corrected chi connectivity index (χ1v) is 9.38. The monoisotopic (exact) mass is 326 g/mol. The summed E-state index contributed by atoms with van der Waals surface area (Å²) >= 11 is 1.56. The highest BCUT2D eigenvalue weighted by Crippen LogP contribution is 2.38. The van der Waals surface area contributed by atoms with Crippen molar-refractivity contribution in [3.8, 4) is 0 Å². The van der Waals surface area contributed by atoms with Gasteiger partial charge < -0.3 is 5.32 Å². The number of nitrogens with one attached hydrogen (secondary N) is 1. The Kier molecular flexibility index (Phi) is 3.62. The van der Waals surface area contributed by atoms with E-state index in [4.69, 9.17) is 5.14 Å². The zero-order chi connectivity index (χ0) is 15.1. The standard InChI is InChI=1S/C13H18N4O2S2/c1-2-10-16-11(9-4-7-20-12(9)17-10)15-8-13(5-3-6-13)21(14,18)19/h4,7H,2-3,5-6,8H2,1H3,(H2,14,18,19)(H,15,16,17). The van der Waals surface area contributed by atoms with Crippen molar-refractivity contribution in [3.05, 3.63) is 17.3 Å². The Balaban J connectivity index is 1.90. The second kappa shape index (κ2) is 5.19. The summed E-state index contributed by atoms with van der Waals surface area (Å²) in [7, 11) is -3.56. The van der Waals surface area contributed by atoms with Gasteiger partial charge >= 0.3 is 0 Å². The quantitative estimate of drug-likeness (QED) is 0.874. The number of anilines is 1. The van der Waals surface area contributed by atoms with E-state index < -0.39 is 14.8 Å². The van der Waals surface area contributed by atoms with E-state index in [0.717, 1.165) is 28.9 Å². The molecule has 0 saturated heterocycles. The highest BCUT2D eigenvalue weighted by molar-refractivity contribution is 7.90. The molecule has 2 aromatic heterocycles. The second-order valence-electron chi connectivity index (χ2n) is 5.42. The van der Waals surface area contributed by atoms with Crippen molar-refractivity contribution in [2.45, 2.75) is 37.4 Å². The van der Waals surface area contributed by atoms with E-state index in [1.165, 1.54) is 0 Å². The van der Waals surface area contributed by atoms with Gasteiger partial charge in [-0.3, -0.25) is 0 Å². The van der Waals surface area contributed by atoms with Gasteiger partial charge in [0.15, 0.2) is 0 Å². The highest BCUT2D eigenvalue weighted by Gasteiger charge is 2.47. The van der Waals surface area contributed by atoms with E-state index >= 15 is 0 Å². The lowest BCUT2D eigenvalue weighted by Crippen LogP contribution is -2.53. The molecule has 0 spiro atoms. The van der Waals surface area contributed by atoms with Crippen molar-refractivity contribution in [1.29, 1.82) is 0 Å². The van der Waals surface area contributed by atoms with Crippen molar-refractivity contribution in [1.82, 2.24) is 9.97 Å². The van der Waals surface area contributed by atoms with Crippen molar-refractivity contribution >= 4 is 37.4 Å². The summed E-state index contributed by atoms with van der Waals surface area (Å²) < 4.78 is 22.8. The van der Waals surface area contributed by atoms with Crippen LogP contribution in [-0.2, 0) is 16.4 Å². The van der Waals surface area contributed by atoms with E-state index in [0.29, 0.717) is 25.2 Å². The van der Waals surface area contributed by atoms with Crippen LogP contribution < -0.4 is 10.5 Å². The molecule has 1 saturated carbocycles. The summed E-state index contributed by atoms with van der Waals surface area (Å²) in [6, 6.07) is 1.95. The molecule has 2 heterocycles. The Morgan fingerprint density at radius 3 is 2.76 bits per heavy atom. The number of hydrogen-bond acceptors (Lipinski definition) is 6. The van der Waals surface area contributed by atoms with Gasteiger partial charge in [-0.15, -0.1) is 11.3 Å². The number of nitrogens with two attached hydrogens (primary N) is 1. The Bertz CT molecular complexity index is 766. The number of aryl methyl sites for hydroxylation is 1. The Morgan fingerprint density at radius 2 is 2.19 bits per heavy atom. The number of rotatable bonds is 5. The molecule has 114 valence electrons. The maximum atomic E-state index is 11.8. The highest BCUT2D eigenvalue weighted by atomic mass is 32.2. The van der Waals surface area contributed by atoms with Gasteiger partial charge in [0.1, 0.15) is 21.2 Å². The molecule has 21 heavy (non-hydrogen) atoms. The molecule has 0 bridgehead atoms. The van der Waals surface area contributed by atoms with Crippen molar-refractivity contribution < 1.29 is 8.42 Å². The van der Waals surface area contributed by atoms with Gasteiger partial charge in [0.05, 0.1) is 5.39 Å². The molecule has 1 aliphatic rings. The van der Waals surface area contributed by atoms with Crippen LogP contribution in [0.4, 0.5) is 5.82 Å². The van der Waals surface area contributed by atoms with Crippen LogP contribution in [0, 0.1) is 0 Å². The molecule has 0 unspecified atom stereocenters. The number of hydrogen-bond donors (Lipinski definition) is 2. The van der Waals surface area contributed by atoms with Gasteiger partial charge in [-0.1, -0.05) is 13.3 Å². The predicted octanol–water partition coefficient (Wildman–Crippen LogP) is 1.88. The third-order valence-corrected chi connectivity index (χ3v) is 6.70. The van der Waals surface area contributed by atoms with Crippen LogP contribution >= 0.6 is 11.3 Å². The molecule has 2 aromatic rings. The van der Waals surface area contributed by atoms with Crippen LogP contribution in [0.3, 0.4) is 0 Å². The molecule has 1 aliphatic carbocycles. The van der Waals surface area contributed by atoms with E-state index in [1.807, 2.05) is 18.4 Å². The Hall–Kier alpha value is -1.25. The summed E-state index contributed by atoms with van der Waals surface area (Å²) in [5.74, 6) is 1.46. The summed E-state index contributed by atoms with van der Waals surface area (Å²) in [5.41, 5.74) is 0. The van der Waals surface area contributed by atoms with E-state index in [9.17, 15) is 8.42 Å². The first-order valence-electron chi connectivity index (χ1n) is 6.95. The summed E-state index contributed by atoms with van der Waals surface area (Å²) in [6.45, 7) is 2.30. The molecule has 3 N–H and O–H groups in total. The average molecular weight is 326 g/mol. The molecular weight excluding hydrogens is 308 g/mol. The second-order valence-corrected chi connectivity index (χ2v) is 8.27. The van der Waals surface area contributed by atoms with Crippen molar-refractivity contribution in [2.75, 3.05) is 11.9 Å². The minimum absolute atomic E-state index is 0.303. The topological polar surface area (TPSA) is 98.0 Å². The van der Waals surface area contributed by atoms with Gasteiger partial charge in [-0.2, -0.15) is 0 Å². The fourth-order valence-corrected chi connectivity index (χ4v) is 4.48. The Labute approximate surface area is 127 Å². The minimum Gasteiger partial charge on any atom is -0.368 e. The van der Waals surface area contributed by atoms with Gasteiger partial charge in [0.25, 0.3) is 0 Å². The van der Waals surface area contributed by atoms with Gasteiger partial charge in [-0.05, 0) is 24.3 Å².